The van der Waals surface area contributed by atoms with Crippen LogP contribution in [0.1, 0.15) is 44.0 Å². The molecule has 0 aromatic heterocycles. The maximum atomic E-state index is 11.9. The lowest BCUT2D eigenvalue weighted by Gasteiger charge is -2.10. The highest BCUT2D eigenvalue weighted by atomic mass is 16.5. The quantitative estimate of drug-likeness (QED) is 0.558. The molecule has 1 aromatic rings. The number of ether oxygens (including phenoxy) is 2. The van der Waals surface area contributed by atoms with Crippen molar-refractivity contribution in [2.75, 3.05) is 13.2 Å². The molecule has 0 saturated carbocycles. The third-order valence-corrected chi connectivity index (χ3v) is 2.88. The van der Waals surface area contributed by atoms with Gasteiger partial charge in [-0.1, -0.05) is 13.8 Å². The number of hydrogen-bond acceptors (Lipinski definition) is 5. The van der Waals surface area contributed by atoms with E-state index in [2.05, 4.69) is 10.9 Å². The number of carbonyl (C=O) groups excluding carboxylic acids is 3. The van der Waals surface area contributed by atoms with Gasteiger partial charge in [0.25, 0.3) is 5.91 Å². The van der Waals surface area contributed by atoms with Crippen molar-refractivity contribution in [2.45, 2.75) is 33.6 Å². The van der Waals surface area contributed by atoms with E-state index in [4.69, 9.17) is 9.47 Å². The molecule has 7 nitrogen and oxygen atoms in total. The van der Waals surface area contributed by atoms with Gasteiger partial charge < -0.3 is 9.47 Å². The second-order valence-electron chi connectivity index (χ2n) is 5.54. The third kappa shape index (κ3) is 7.62. The van der Waals surface area contributed by atoms with Crippen LogP contribution in [0.3, 0.4) is 0 Å². The van der Waals surface area contributed by atoms with Crippen LogP contribution in [0.15, 0.2) is 24.3 Å². The monoisotopic (exact) mass is 336 g/mol. The van der Waals surface area contributed by atoms with Crippen molar-refractivity contribution in [2.24, 2.45) is 5.92 Å². The predicted octanol–water partition coefficient (Wildman–Crippen LogP) is 1.83. The minimum atomic E-state index is -0.465. The van der Waals surface area contributed by atoms with E-state index in [1.165, 1.54) is 0 Å². The van der Waals surface area contributed by atoms with Gasteiger partial charge >= 0.3 is 5.97 Å². The van der Waals surface area contributed by atoms with Crippen molar-refractivity contribution in [1.82, 2.24) is 10.9 Å². The summed E-state index contributed by atoms with van der Waals surface area (Å²) >= 11 is 0. The zero-order valence-corrected chi connectivity index (χ0v) is 14.3. The summed E-state index contributed by atoms with van der Waals surface area (Å²) in [4.78, 5) is 34.6. The van der Waals surface area contributed by atoms with Gasteiger partial charge in [0.15, 0.2) is 0 Å². The Balaban J connectivity index is 2.36. The van der Waals surface area contributed by atoms with E-state index in [1.54, 1.807) is 31.2 Å². The second-order valence-corrected chi connectivity index (χ2v) is 5.54. The first-order valence-corrected chi connectivity index (χ1v) is 7.90. The molecule has 0 unspecified atom stereocenters. The molecular weight excluding hydrogens is 312 g/mol. The summed E-state index contributed by atoms with van der Waals surface area (Å²) in [6.07, 6.45) is -0.0848. The molecule has 7 heteroatoms. The number of hydrogen-bond donors (Lipinski definition) is 2. The fourth-order valence-corrected chi connectivity index (χ4v) is 1.68. The lowest BCUT2D eigenvalue weighted by molar-refractivity contribution is -0.144. The maximum absolute atomic E-state index is 11.9. The molecule has 0 atom stereocenters. The number of benzene rings is 1. The highest BCUT2D eigenvalue weighted by Gasteiger charge is 2.10. The maximum Gasteiger partial charge on any atom is 0.306 e. The second kappa shape index (κ2) is 10.3. The van der Waals surface area contributed by atoms with E-state index in [0.29, 0.717) is 23.8 Å². The van der Waals surface area contributed by atoms with Gasteiger partial charge in [0.1, 0.15) is 5.75 Å². The summed E-state index contributed by atoms with van der Waals surface area (Å²) in [6, 6.07) is 6.60. The molecule has 0 aliphatic carbocycles. The van der Waals surface area contributed by atoms with Crippen LogP contribution in [0.4, 0.5) is 0 Å². The molecule has 0 saturated heterocycles. The molecule has 0 aliphatic heterocycles. The topological polar surface area (TPSA) is 93.7 Å². The van der Waals surface area contributed by atoms with Gasteiger partial charge in [0.05, 0.1) is 19.6 Å². The largest absolute Gasteiger partial charge is 0.493 e. The Kier molecular flexibility index (Phi) is 8.32. The van der Waals surface area contributed by atoms with Crippen LogP contribution in [0.5, 0.6) is 5.75 Å². The Hall–Kier alpha value is -2.57. The zero-order chi connectivity index (χ0) is 17.9. The molecular formula is C17H24N2O5. The lowest BCUT2D eigenvalue weighted by atomic mass is 10.2. The summed E-state index contributed by atoms with van der Waals surface area (Å²) in [6.45, 7) is 6.66. The standard InChI is InChI=1S/C17H24N2O5/c1-4-23-16(21)10-9-15(20)18-19-17(22)13-5-7-14(8-6-13)24-11-12(2)3/h5-8,12H,4,9-11H2,1-3H3,(H,18,20)(H,19,22). The van der Waals surface area contributed by atoms with Gasteiger partial charge in [-0.05, 0) is 37.1 Å². The van der Waals surface area contributed by atoms with Crippen LogP contribution in [0.25, 0.3) is 0 Å². The molecule has 0 heterocycles. The van der Waals surface area contributed by atoms with E-state index in [1.807, 2.05) is 13.8 Å². The van der Waals surface area contributed by atoms with E-state index >= 15 is 0 Å². The smallest absolute Gasteiger partial charge is 0.306 e. The molecule has 0 spiro atoms. The molecule has 2 N–H and O–H groups in total. The average molecular weight is 336 g/mol. The highest BCUT2D eigenvalue weighted by molar-refractivity contribution is 5.95. The van der Waals surface area contributed by atoms with Gasteiger partial charge in [-0.15, -0.1) is 0 Å². The molecule has 0 aliphatic rings. The third-order valence-electron chi connectivity index (χ3n) is 2.88. The molecule has 1 aromatic carbocycles. The number of rotatable bonds is 8. The van der Waals surface area contributed by atoms with E-state index in [9.17, 15) is 14.4 Å². The Morgan fingerprint density at radius 1 is 1.04 bits per heavy atom. The van der Waals surface area contributed by atoms with Crippen molar-refractivity contribution in [3.05, 3.63) is 29.8 Å². The Bertz CT molecular complexity index is 555. The fourth-order valence-electron chi connectivity index (χ4n) is 1.68. The first kappa shape index (κ1) is 19.5. The number of hydrazine groups is 1. The molecule has 1 rings (SSSR count). The molecule has 0 bridgehead atoms. The summed E-state index contributed by atoms with van der Waals surface area (Å²) in [5.41, 5.74) is 4.93. The Morgan fingerprint density at radius 3 is 2.29 bits per heavy atom. The van der Waals surface area contributed by atoms with Gasteiger partial charge in [-0.3, -0.25) is 25.2 Å². The van der Waals surface area contributed by atoms with Crippen molar-refractivity contribution in [1.29, 1.82) is 0 Å². The van der Waals surface area contributed by atoms with E-state index < -0.39 is 17.8 Å². The first-order chi connectivity index (χ1) is 11.4. The van der Waals surface area contributed by atoms with Crippen LogP contribution in [-0.2, 0) is 14.3 Å². The zero-order valence-electron chi connectivity index (χ0n) is 14.3. The Morgan fingerprint density at radius 2 is 1.71 bits per heavy atom. The van der Waals surface area contributed by atoms with Crippen LogP contribution in [0.2, 0.25) is 0 Å². The van der Waals surface area contributed by atoms with Gasteiger partial charge in [0.2, 0.25) is 5.91 Å². The van der Waals surface area contributed by atoms with Crippen LogP contribution in [0, 0.1) is 5.92 Å². The summed E-state index contributed by atoms with van der Waals surface area (Å²) in [5, 5.41) is 0. The molecule has 2 amide bonds. The SMILES string of the molecule is CCOC(=O)CCC(=O)NNC(=O)c1ccc(OCC(C)C)cc1. The van der Waals surface area contributed by atoms with E-state index in [-0.39, 0.29) is 19.4 Å². The number of nitrogens with one attached hydrogen (secondary N) is 2. The van der Waals surface area contributed by atoms with Crippen molar-refractivity contribution < 1.29 is 23.9 Å². The highest BCUT2D eigenvalue weighted by Crippen LogP contribution is 2.13. The molecule has 0 fully saturated rings. The minimum absolute atomic E-state index is 0.0303. The molecule has 132 valence electrons. The fraction of sp³-hybridized carbons (Fsp3) is 0.471. The van der Waals surface area contributed by atoms with Gasteiger partial charge in [-0.25, -0.2) is 0 Å². The molecule has 0 radical (unpaired) electrons. The predicted molar refractivity (Wildman–Crippen MR) is 88.3 cm³/mol. The number of amides is 2. The van der Waals surface area contributed by atoms with Crippen molar-refractivity contribution in [3.8, 4) is 5.75 Å². The normalized spacial score (nSPS) is 10.2. The van der Waals surface area contributed by atoms with Crippen LogP contribution >= 0.6 is 0 Å². The summed E-state index contributed by atoms with van der Waals surface area (Å²) in [5.74, 6) is -0.268. The van der Waals surface area contributed by atoms with Crippen molar-refractivity contribution in [3.63, 3.8) is 0 Å². The minimum Gasteiger partial charge on any atom is -0.493 e. The van der Waals surface area contributed by atoms with Gasteiger partial charge in [-0.2, -0.15) is 0 Å². The van der Waals surface area contributed by atoms with Crippen LogP contribution in [-0.4, -0.2) is 31.0 Å². The van der Waals surface area contributed by atoms with Gasteiger partial charge in [0, 0.05) is 12.0 Å². The van der Waals surface area contributed by atoms with E-state index in [0.717, 1.165) is 0 Å². The summed E-state index contributed by atoms with van der Waals surface area (Å²) < 4.78 is 10.2. The first-order valence-electron chi connectivity index (χ1n) is 7.90. The lowest BCUT2D eigenvalue weighted by Crippen LogP contribution is -2.41. The number of carbonyl (C=O) groups is 3. The molecule has 24 heavy (non-hydrogen) atoms. The average Bonchev–Trinajstić information content (AvgIpc) is 2.56. The Labute approximate surface area is 141 Å². The number of esters is 1. The van der Waals surface area contributed by atoms with Crippen molar-refractivity contribution >= 4 is 17.8 Å². The summed E-state index contributed by atoms with van der Waals surface area (Å²) in [7, 11) is 0. The van der Waals surface area contributed by atoms with Crippen LogP contribution < -0.4 is 15.6 Å².